The van der Waals surface area contributed by atoms with Crippen molar-refractivity contribution in [2.75, 3.05) is 6.61 Å². The second kappa shape index (κ2) is 3.48. The molecule has 4 aliphatic carbocycles. The molecule has 0 atom stereocenters. The third-order valence-electron chi connectivity index (χ3n) is 5.38. The van der Waals surface area contributed by atoms with Gasteiger partial charge in [0.15, 0.2) is 0 Å². The summed E-state index contributed by atoms with van der Waals surface area (Å²) in [5.41, 5.74) is 0.253. The first kappa shape index (κ1) is 10.1. The van der Waals surface area contributed by atoms with Gasteiger partial charge in [0.1, 0.15) is 0 Å². The zero-order valence-electron chi connectivity index (χ0n) is 10.2. The van der Waals surface area contributed by atoms with Crippen molar-refractivity contribution in [1.29, 1.82) is 0 Å². The van der Waals surface area contributed by atoms with Crippen LogP contribution in [0, 0.1) is 23.7 Å². The molecular weight excluding hydrogens is 184 g/mol. The fraction of sp³-hybridized carbons (Fsp3) is 1.00. The van der Waals surface area contributed by atoms with Crippen LogP contribution in [0.2, 0.25) is 0 Å². The van der Waals surface area contributed by atoms with Crippen LogP contribution in [0.25, 0.3) is 0 Å². The Balaban J connectivity index is 1.78. The Morgan fingerprint density at radius 3 is 2.00 bits per heavy atom. The Hall–Kier alpha value is -0.0400. The molecule has 0 saturated heterocycles. The van der Waals surface area contributed by atoms with Crippen LogP contribution in [-0.2, 0) is 4.74 Å². The van der Waals surface area contributed by atoms with Crippen LogP contribution in [0.1, 0.15) is 52.4 Å². The summed E-state index contributed by atoms with van der Waals surface area (Å²) in [6.45, 7) is 5.61. The third-order valence-corrected chi connectivity index (χ3v) is 5.38. The molecule has 4 rings (SSSR count). The van der Waals surface area contributed by atoms with Gasteiger partial charge in [0, 0.05) is 6.61 Å². The van der Waals surface area contributed by atoms with Crippen LogP contribution >= 0.6 is 0 Å². The van der Waals surface area contributed by atoms with Gasteiger partial charge < -0.3 is 4.74 Å². The van der Waals surface area contributed by atoms with Gasteiger partial charge in [-0.1, -0.05) is 6.92 Å². The second-order valence-corrected chi connectivity index (χ2v) is 6.34. The molecule has 0 N–H and O–H groups in total. The number of hydrogen-bond donors (Lipinski definition) is 0. The monoisotopic (exact) mass is 208 g/mol. The Bertz CT molecular complexity index is 218. The lowest BCUT2D eigenvalue weighted by molar-refractivity contribution is -0.193. The average Bonchev–Trinajstić information content (AvgIpc) is 2.22. The fourth-order valence-corrected chi connectivity index (χ4v) is 4.68. The second-order valence-electron chi connectivity index (χ2n) is 6.34. The van der Waals surface area contributed by atoms with E-state index in [-0.39, 0.29) is 5.60 Å². The van der Waals surface area contributed by atoms with Crippen LogP contribution in [0.15, 0.2) is 0 Å². The predicted octanol–water partition coefficient (Wildman–Crippen LogP) is 3.63. The standard InChI is InChI=1S/C14H24O/c1-3-4-15-14(2)12-6-10-5-11(8-12)9-13(14)7-10/h10-13H,3-9H2,1-2H3. The van der Waals surface area contributed by atoms with Crippen molar-refractivity contribution in [3.05, 3.63) is 0 Å². The summed E-state index contributed by atoms with van der Waals surface area (Å²) >= 11 is 0. The predicted molar refractivity (Wildman–Crippen MR) is 61.7 cm³/mol. The molecular formula is C14H24O. The molecule has 15 heavy (non-hydrogen) atoms. The van der Waals surface area contributed by atoms with E-state index in [1.807, 2.05) is 0 Å². The van der Waals surface area contributed by atoms with E-state index >= 15 is 0 Å². The van der Waals surface area contributed by atoms with E-state index in [1.54, 1.807) is 0 Å². The van der Waals surface area contributed by atoms with E-state index in [4.69, 9.17) is 4.74 Å². The topological polar surface area (TPSA) is 9.23 Å². The summed E-state index contributed by atoms with van der Waals surface area (Å²) in [7, 11) is 0. The highest BCUT2D eigenvalue weighted by Crippen LogP contribution is 2.59. The molecule has 0 heterocycles. The highest BCUT2D eigenvalue weighted by Gasteiger charge is 2.55. The quantitative estimate of drug-likeness (QED) is 0.688. The van der Waals surface area contributed by atoms with Gasteiger partial charge in [0.2, 0.25) is 0 Å². The van der Waals surface area contributed by atoms with Crippen LogP contribution in [0.3, 0.4) is 0 Å². The Kier molecular flexibility index (Phi) is 2.35. The summed E-state index contributed by atoms with van der Waals surface area (Å²) in [4.78, 5) is 0. The van der Waals surface area contributed by atoms with Gasteiger partial charge in [0.25, 0.3) is 0 Å². The molecule has 86 valence electrons. The van der Waals surface area contributed by atoms with Gasteiger partial charge in [0.05, 0.1) is 5.60 Å². The molecule has 0 aromatic carbocycles. The maximum atomic E-state index is 6.26. The van der Waals surface area contributed by atoms with Crippen LogP contribution in [-0.4, -0.2) is 12.2 Å². The molecule has 0 radical (unpaired) electrons. The SMILES string of the molecule is CCCOC1(C)C2CC3CC(C2)CC1C3. The first-order chi connectivity index (χ1) is 7.22. The average molecular weight is 208 g/mol. The lowest BCUT2D eigenvalue weighted by Crippen LogP contribution is -2.57. The third kappa shape index (κ3) is 1.46. The van der Waals surface area contributed by atoms with Gasteiger partial charge in [-0.3, -0.25) is 0 Å². The molecule has 0 aliphatic heterocycles. The molecule has 1 nitrogen and oxygen atoms in total. The lowest BCUT2D eigenvalue weighted by atomic mass is 9.50. The minimum Gasteiger partial charge on any atom is -0.375 e. The Morgan fingerprint density at radius 2 is 1.53 bits per heavy atom. The van der Waals surface area contributed by atoms with Crippen molar-refractivity contribution in [1.82, 2.24) is 0 Å². The van der Waals surface area contributed by atoms with Crippen LogP contribution in [0.5, 0.6) is 0 Å². The Labute approximate surface area is 93.6 Å². The summed E-state index contributed by atoms with van der Waals surface area (Å²) in [5, 5.41) is 0. The summed E-state index contributed by atoms with van der Waals surface area (Å²) < 4.78 is 6.26. The van der Waals surface area contributed by atoms with Crippen molar-refractivity contribution >= 4 is 0 Å². The van der Waals surface area contributed by atoms with Crippen molar-refractivity contribution in [2.24, 2.45) is 23.7 Å². The maximum Gasteiger partial charge on any atom is 0.0710 e. The summed E-state index contributed by atoms with van der Waals surface area (Å²) in [5.74, 6) is 3.90. The highest BCUT2D eigenvalue weighted by molar-refractivity contribution is 5.05. The van der Waals surface area contributed by atoms with Crippen LogP contribution < -0.4 is 0 Å². The van der Waals surface area contributed by atoms with Gasteiger partial charge in [-0.15, -0.1) is 0 Å². The van der Waals surface area contributed by atoms with E-state index < -0.39 is 0 Å². The summed E-state index contributed by atoms with van der Waals surface area (Å²) in [6.07, 6.45) is 8.57. The first-order valence-electron chi connectivity index (χ1n) is 6.86. The summed E-state index contributed by atoms with van der Waals surface area (Å²) in [6, 6.07) is 0. The smallest absolute Gasteiger partial charge is 0.0710 e. The van der Waals surface area contributed by atoms with Gasteiger partial charge in [-0.25, -0.2) is 0 Å². The van der Waals surface area contributed by atoms with Crippen molar-refractivity contribution in [3.8, 4) is 0 Å². The molecule has 1 heteroatoms. The Morgan fingerprint density at radius 1 is 1.00 bits per heavy atom. The molecule has 4 fully saturated rings. The molecule has 0 unspecified atom stereocenters. The zero-order chi connectivity index (χ0) is 10.5. The van der Waals surface area contributed by atoms with E-state index in [0.717, 1.165) is 30.3 Å². The van der Waals surface area contributed by atoms with Crippen molar-refractivity contribution < 1.29 is 4.74 Å². The van der Waals surface area contributed by atoms with Crippen molar-refractivity contribution in [2.45, 2.75) is 58.0 Å². The fourth-order valence-electron chi connectivity index (χ4n) is 4.68. The van der Waals surface area contributed by atoms with Crippen LogP contribution in [0.4, 0.5) is 0 Å². The molecule has 4 aliphatic rings. The van der Waals surface area contributed by atoms with E-state index in [2.05, 4.69) is 13.8 Å². The zero-order valence-corrected chi connectivity index (χ0v) is 10.2. The van der Waals surface area contributed by atoms with Gasteiger partial charge >= 0.3 is 0 Å². The molecule has 0 aromatic rings. The number of hydrogen-bond acceptors (Lipinski definition) is 1. The number of ether oxygens (including phenoxy) is 1. The molecule has 0 spiro atoms. The molecule has 4 saturated carbocycles. The largest absolute Gasteiger partial charge is 0.375 e. The molecule has 0 amide bonds. The van der Waals surface area contributed by atoms with Crippen molar-refractivity contribution in [3.63, 3.8) is 0 Å². The van der Waals surface area contributed by atoms with Gasteiger partial charge in [-0.05, 0) is 69.1 Å². The number of rotatable bonds is 3. The highest BCUT2D eigenvalue weighted by atomic mass is 16.5. The van der Waals surface area contributed by atoms with E-state index in [9.17, 15) is 0 Å². The minimum absolute atomic E-state index is 0.253. The molecule has 0 aromatic heterocycles. The first-order valence-corrected chi connectivity index (χ1v) is 6.86. The minimum atomic E-state index is 0.253. The lowest BCUT2D eigenvalue weighted by Gasteiger charge is -2.59. The van der Waals surface area contributed by atoms with E-state index in [1.165, 1.54) is 38.5 Å². The molecule has 4 bridgehead atoms. The normalized spacial score (nSPS) is 52.4. The maximum absolute atomic E-state index is 6.26. The van der Waals surface area contributed by atoms with E-state index in [0.29, 0.717) is 0 Å². The van der Waals surface area contributed by atoms with Gasteiger partial charge in [-0.2, -0.15) is 0 Å².